The van der Waals surface area contributed by atoms with E-state index in [2.05, 4.69) is 15.6 Å². The van der Waals surface area contributed by atoms with Crippen molar-refractivity contribution >= 4 is 6.03 Å². The summed E-state index contributed by atoms with van der Waals surface area (Å²) in [7, 11) is 1.40. The van der Waals surface area contributed by atoms with Crippen molar-refractivity contribution in [1.29, 1.82) is 0 Å². The molecule has 0 heterocycles. The van der Waals surface area contributed by atoms with Gasteiger partial charge in [-0.2, -0.15) is 0 Å². The summed E-state index contributed by atoms with van der Waals surface area (Å²) in [6.45, 7) is 0.596. The molecule has 1 aromatic rings. The number of rotatable bonds is 4. The molecule has 0 spiro atoms. The molecule has 0 saturated heterocycles. The van der Waals surface area contributed by atoms with Gasteiger partial charge in [-0.25, -0.2) is 10.3 Å². The van der Waals surface area contributed by atoms with Crippen LogP contribution >= 0.6 is 0 Å². The van der Waals surface area contributed by atoms with Gasteiger partial charge in [0.25, 0.3) is 0 Å². The largest absolute Gasteiger partial charge is 0.338 e. The third-order valence-corrected chi connectivity index (χ3v) is 1.74. The third kappa shape index (κ3) is 3.91. The number of hydrogen-bond donors (Lipinski definition) is 2. The molecule has 1 rings (SSSR count). The molecule has 2 amide bonds. The summed E-state index contributed by atoms with van der Waals surface area (Å²) in [5.41, 5.74) is 3.38. The second-order valence-corrected chi connectivity index (χ2v) is 2.80. The van der Waals surface area contributed by atoms with E-state index in [0.29, 0.717) is 6.54 Å². The Kier molecular flexibility index (Phi) is 4.50. The Bertz CT molecular complexity index is 275. The van der Waals surface area contributed by atoms with Crippen molar-refractivity contribution in [2.45, 2.75) is 6.42 Å². The highest BCUT2D eigenvalue weighted by Gasteiger charge is 1.97. The Morgan fingerprint density at radius 3 is 2.71 bits per heavy atom. The normalized spacial score (nSPS) is 9.50. The molecular formula is C10H14N2O2. The van der Waals surface area contributed by atoms with Gasteiger partial charge in [0.1, 0.15) is 0 Å². The number of urea groups is 1. The van der Waals surface area contributed by atoms with E-state index in [1.165, 1.54) is 12.7 Å². The fourth-order valence-corrected chi connectivity index (χ4v) is 1.09. The molecule has 4 heteroatoms. The van der Waals surface area contributed by atoms with Gasteiger partial charge >= 0.3 is 6.03 Å². The van der Waals surface area contributed by atoms with Gasteiger partial charge in [0.2, 0.25) is 0 Å². The second kappa shape index (κ2) is 5.99. The molecule has 0 aliphatic carbocycles. The fourth-order valence-electron chi connectivity index (χ4n) is 1.09. The summed E-state index contributed by atoms with van der Waals surface area (Å²) in [5.74, 6) is 0. The maximum absolute atomic E-state index is 10.9. The third-order valence-electron chi connectivity index (χ3n) is 1.74. The standard InChI is InChI=1S/C10H14N2O2/c1-14-12-10(13)11-8-7-9-5-3-2-4-6-9/h2-6H,7-8H2,1H3,(H2,11,12,13). The molecule has 0 radical (unpaired) electrons. The van der Waals surface area contributed by atoms with E-state index in [9.17, 15) is 4.79 Å². The van der Waals surface area contributed by atoms with Crippen LogP contribution in [0.3, 0.4) is 0 Å². The van der Waals surface area contributed by atoms with Crippen LogP contribution in [0.2, 0.25) is 0 Å². The lowest BCUT2D eigenvalue weighted by Crippen LogP contribution is -2.35. The number of carbonyl (C=O) groups is 1. The zero-order chi connectivity index (χ0) is 10.2. The maximum atomic E-state index is 10.9. The van der Waals surface area contributed by atoms with Crippen molar-refractivity contribution in [3.05, 3.63) is 35.9 Å². The lowest BCUT2D eigenvalue weighted by Gasteiger charge is -2.04. The van der Waals surface area contributed by atoms with Crippen molar-refractivity contribution in [1.82, 2.24) is 10.8 Å². The topological polar surface area (TPSA) is 50.4 Å². The van der Waals surface area contributed by atoms with Gasteiger partial charge in [0, 0.05) is 6.54 Å². The van der Waals surface area contributed by atoms with Crippen molar-refractivity contribution in [3.8, 4) is 0 Å². The monoisotopic (exact) mass is 194 g/mol. The van der Waals surface area contributed by atoms with Crippen LogP contribution in [0.25, 0.3) is 0 Å². The van der Waals surface area contributed by atoms with Crippen molar-refractivity contribution in [3.63, 3.8) is 0 Å². The Hall–Kier alpha value is -1.55. The summed E-state index contributed by atoms with van der Waals surface area (Å²) in [4.78, 5) is 15.3. The van der Waals surface area contributed by atoms with Gasteiger partial charge in [0.05, 0.1) is 7.11 Å². The minimum Gasteiger partial charge on any atom is -0.336 e. The lowest BCUT2D eigenvalue weighted by molar-refractivity contribution is 0.107. The summed E-state index contributed by atoms with van der Waals surface area (Å²) >= 11 is 0. The quantitative estimate of drug-likeness (QED) is 0.705. The van der Waals surface area contributed by atoms with Gasteiger partial charge in [-0.05, 0) is 12.0 Å². The Morgan fingerprint density at radius 1 is 1.36 bits per heavy atom. The van der Waals surface area contributed by atoms with Crippen LogP contribution in [0.5, 0.6) is 0 Å². The molecule has 0 aromatic heterocycles. The molecule has 0 aliphatic heterocycles. The fraction of sp³-hybridized carbons (Fsp3) is 0.300. The predicted octanol–water partition coefficient (Wildman–Crippen LogP) is 1.09. The van der Waals surface area contributed by atoms with E-state index in [1.54, 1.807) is 0 Å². The summed E-state index contributed by atoms with van der Waals surface area (Å²) in [6.07, 6.45) is 0.817. The highest BCUT2D eigenvalue weighted by Crippen LogP contribution is 1.97. The molecule has 4 nitrogen and oxygen atoms in total. The smallest absolute Gasteiger partial charge is 0.336 e. The second-order valence-electron chi connectivity index (χ2n) is 2.80. The number of nitrogens with one attached hydrogen (secondary N) is 2. The van der Waals surface area contributed by atoms with Crippen LogP contribution in [0, 0.1) is 0 Å². The van der Waals surface area contributed by atoms with Crippen LogP contribution in [0.15, 0.2) is 30.3 Å². The Balaban J connectivity index is 2.19. The van der Waals surface area contributed by atoms with E-state index in [1.807, 2.05) is 30.3 Å². The molecule has 76 valence electrons. The molecule has 0 aliphatic rings. The van der Waals surface area contributed by atoms with Gasteiger partial charge in [0.15, 0.2) is 0 Å². The molecule has 0 atom stereocenters. The van der Waals surface area contributed by atoms with Crippen LogP contribution < -0.4 is 10.8 Å². The van der Waals surface area contributed by atoms with Crippen LogP contribution in [-0.2, 0) is 11.3 Å². The zero-order valence-corrected chi connectivity index (χ0v) is 8.12. The van der Waals surface area contributed by atoms with Gasteiger partial charge in [-0.3, -0.25) is 4.84 Å². The molecule has 0 unspecified atom stereocenters. The Labute approximate surface area is 83.2 Å². The van der Waals surface area contributed by atoms with E-state index in [-0.39, 0.29) is 6.03 Å². The molecule has 2 N–H and O–H groups in total. The average molecular weight is 194 g/mol. The van der Waals surface area contributed by atoms with E-state index < -0.39 is 0 Å². The molecule has 1 aromatic carbocycles. The molecule has 0 fully saturated rings. The first kappa shape index (κ1) is 10.5. The summed E-state index contributed by atoms with van der Waals surface area (Å²) in [5, 5.41) is 2.66. The average Bonchev–Trinajstić information content (AvgIpc) is 2.20. The van der Waals surface area contributed by atoms with Crippen LogP contribution in [0.1, 0.15) is 5.56 Å². The maximum Gasteiger partial charge on any atom is 0.338 e. The van der Waals surface area contributed by atoms with Gasteiger partial charge < -0.3 is 5.32 Å². The number of hydrogen-bond acceptors (Lipinski definition) is 2. The zero-order valence-electron chi connectivity index (χ0n) is 8.12. The summed E-state index contributed by atoms with van der Waals surface area (Å²) in [6, 6.07) is 9.65. The van der Waals surface area contributed by atoms with Crippen molar-refractivity contribution < 1.29 is 9.63 Å². The SMILES string of the molecule is CONC(=O)NCCc1ccccc1. The van der Waals surface area contributed by atoms with Gasteiger partial charge in [-0.15, -0.1) is 0 Å². The number of benzene rings is 1. The molecule has 14 heavy (non-hydrogen) atoms. The van der Waals surface area contributed by atoms with Crippen molar-refractivity contribution in [2.75, 3.05) is 13.7 Å². The molecule has 0 bridgehead atoms. The summed E-state index contributed by atoms with van der Waals surface area (Å²) < 4.78 is 0. The van der Waals surface area contributed by atoms with Crippen molar-refractivity contribution in [2.24, 2.45) is 0 Å². The van der Waals surface area contributed by atoms with E-state index >= 15 is 0 Å². The van der Waals surface area contributed by atoms with E-state index in [4.69, 9.17) is 0 Å². The first-order valence-corrected chi connectivity index (χ1v) is 4.43. The highest BCUT2D eigenvalue weighted by molar-refractivity contribution is 5.72. The lowest BCUT2D eigenvalue weighted by atomic mass is 10.1. The first-order valence-electron chi connectivity index (χ1n) is 4.43. The van der Waals surface area contributed by atoms with Crippen LogP contribution in [-0.4, -0.2) is 19.7 Å². The Morgan fingerprint density at radius 2 is 2.07 bits per heavy atom. The highest BCUT2D eigenvalue weighted by atomic mass is 16.6. The number of carbonyl (C=O) groups excluding carboxylic acids is 1. The first-order chi connectivity index (χ1) is 6.83. The van der Waals surface area contributed by atoms with Gasteiger partial charge in [-0.1, -0.05) is 30.3 Å². The van der Waals surface area contributed by atoms with E-state index in [0.717, 1.165) is 6.42 Å². The van der Waals surface area contributed by atoms with Crippen LogP contribution in [0.4, 0.5) is 4.79 Å². The molecular weight excluding hydrogens is 180 g/mol. The minimum absolute atomic E-state index is 0.316. The minimum atomic E-state index is -0.316. The number of amides is 2. The molecule has 0 saturated carbocycles. The number of hydroxylamine groups is 1. The predicted molar refractivity (Wildman–Crippen MR) is 53.7 cm³/mol.